The topological polar surface area (TPSA) is 29.5 Å². The molecule has 0 amide bonds. The number of rotatable bonds is 3. The van der Waals surface area contributed by atoms with E-state index in [9.17, 15) is 13.9 Å². The van der Waals surface area contributed by atoms with Gasteiger partial charge in [0.05, 0.1) is 7.11 Å². The molecule has 1 atom stereocenters. The van der Waals surface area contributed by atoms with Crippen molar-refractivity contribution in [1.82, 2.24) is 0 Å². The first-order valence-corrected chi connectivity index (χ1v) is 5.77. The molecule has 100 valence electrons. The van der Waals surface area contributed by atoms with E-state index in [1.165, 1.54) is 56.5 Å². The Bertz CT molecular complexity index is 577. The number of methoxy groups -OCH3 is 1. The van der Waals surface area contributed by atoms with Crippen LogP contribution in [0.2, 0.25) is 0 Å². The summed E-state index contributed by atoms with van der Waals surface area (Å²) >= 11 is 0. The predicted molar refractivity (Wildman–Crippen MR) is 68.0 cm³/mol. The summed E-state index contributed by atoms with van der Waals surface area (Å²) in [6.45, 7) is 1.51. The van der Waals surface area contributed by atoms with Gasteiger partial charge in [-0.3, -0.25) is 0 Å². The number of benzene rings is 2. The predicted octanol–water partition coefficient (Wildman–Crippen LogP) is 3.23. The van der Waals surface area contributed by atoms with E-state index in [-0.39, 0.29) is 0 Å². The number of ether oxygens (including phenoxy) is 1. The molecule has 0 spiro atoms. The standard InChI is InChI=1S/C15H14F2O2/c1-15(18,10-3-5-11(16)6-4-10)13-9-12(17)7-8-14(13)19-2/h3-9,18H,1-2H3. The summed E-state index contributed by atoms with van der Waals surface area (Å²) < 4.78 is 31.4. The quantitative estimate of drug-likeness (QED) is 0.922. The van der Waals surface area contributed by atoms with Gasteiger partial charge in [-0.05, 0) is 42.8 Å². The van der Waals surface area contributed by atoms with E-state index in [4.69, 9.17) is 4.74 Å². The highest BCUT2D eigenvalue weighted by Gasteiger charge is 2.29. The van der Waals surface area contributed by atoms with Crippen LogP contribution in [0.5, 0.6) is 5.75 Å². The summed E-state index contributed by atoms with van der Waals surface area (Å²) in [5.74, 6) is -0.500. The average Bonchev–Trinajstić information content (AvgIpc) is 2.39. The van der Waals surface area contributed by atoms with Crippen LogP contribution in [0.3, 0.4) is 0 Å². The Balaban J connectivity index is 2.55. The molecular weight excluding hydrogens is 250 g/mol. The number of hydrogen-bond acceptors (Lipinski definition) is 2. The van der Waals surface area contributed by atoms with Gasteiger partial charge in [0.1, 0.15) is 23.0 Å². The van der Waals surface area contributed by atoms with Gasteiger partial charge in [0.2, 0.25) is 0 Å². The minimum atomic E-state index is -1.47. The molecule has 2 nitrogen and oxygen atoms in total. The zero-order valence-corrected chi connectivity index (χ0v) is 10.7. The summed E-state index contributed by atoms with van der Waals surface area (Å²) in [6.07, 6.45) is 0. The zero-order valence-electron chi connectivity index (χ0n) is 10.7. The highest BCUT2D eigenvalue weighted by Crippen LogP contribution is 2.35. The lowest BCUT2D eigenvalue weighted by molar-refractivity contribution is 0.0984. The molecule has 19 heavy (non-hydrogen) atoms. The molecule has 4 heteroatoms. The lowest BCUT2D eigenvalue weighted by atomic mass is 9.87. The van der Waals surface area contributed by atoms with E-state index in [1.54, 1.807) is 0 Å². The van der Waals surface area contributed by atoms with Crippen molar-refractivity contribution in [3.63, 3.8) is 0 Å². The van der Waals surface area contributed by atoms with Gasteiger partial charge in [-0.2, -0.15) is 0 Å². The van der Waals surface area contributed by atoms with E-state index in [1.807, 2.05) is 0 Å². The maximum Gasteiger partial charge on any atom is 0.125 e. The summed E-state index contributed by atoms with van der Waals surface area (Å²) in [6, 6.07) is 9.32. The molecule has 0 aromatic heterocycles. The Kier molecular flexibility index (Phi) is 3.53. The number of halogens is 2. The first-order valence-electron chi connectivity index (χ1n) is 5.77. The molecule has 0 saturated carbocycles. The molecule has 0 aliphatic carbocycles. The summed E-state index contributed by atoms with van der Waals surface area (Å²) in [4.78, 5) is 0. The second-order valence-corrected chi connectivity index (χ2v) is 4.42. The third-order valence-corrected chi connectivity index (χ3v) is 3.09. The lowest BCUT2D eigenvalue weighted by Crippen LogP contribution is -2.23. The highest BCUT2D eigenvalue weighted by atomic mass is 19.1. The summed E-state index contributed by atoms with van der Waals surface area (Å²) in [7, 11) is 1.44. The van der Waals surface area contributed by atoms with Crippen LogP contribution in [-0.4, -0.2) is 12.2 Å². The molecule has 0 bridgehead atoms. The highest BCUT2D eigenvalue weighted by molar-refractivity contribution is 5.44. The van der Waals surface area contributed by atoms with E-state index < -0.39 is 17.2 Å². The fourth-order valence-electron chi connectivity index (χ4n) is 1.99. The monoisotopic (exact) mass is 264 g/mol. The minimum absolute atomic E-state index is 0.293. The molecule has 2 aromatic rings. The smallest absolute Gasteiger partial charge is 0.125 e. The van der Waals surface area contributed by atoms with Crippen LogP contribution < -0.4 is 4.74 Å². The van der Waals surface area contributed by atoms with Crippen LogP contribution >= 0.6 is 0 Å². The van der Waals surface area contributed by atoms with E-state index >= 15 is 0 Å². The second-order valence-electron chi connectivity index (χ2n) is 4.42. The Morgan fingerprint density at radius 2 is 1.58 bits per heavy atom. The molecule has 0 saturated heterocycles. The van der Waals surface area contributed by atoms with Crippen molar-refractivity contribution in [3.05, 3.63) is 65.2 Å². The third kappa shape index (κ3) is 2.58. The molecule has 0 aliphatic rings. The van der Waals surface area contributed by atoms with Gasteiger partial charge in [-0.1, -0.05) is 12.1 Å². The van der Waals surface area contributed by atoms with Crippen molar-refractivity contribution in [2.24, 2.45) is 0 Å². The van der Waals surface area contributed by atoms with E-state index in [2.05, 4.69) is 0 Å². The maximum absolute atomic E-state index is 13.4. The maximum atomic E-state index is 13.4. The Morgan fingerprint density at radius 3 is 2.16 bits per heavy atom. The van der Waals surface area contributed by atoms with Gasteiger partial charge in [0, 0.05) is 5.56 Å². The molecule has 0 radical (unpaired) electrons. The third-order valence-electron chi connectivity index (χ3n) is 3.09. The fraction of sp³-hybridized carbons (Fsp3) is 0.200. The summed E-state index contributed by atoms with van der Waals surface area (Å²) in [5.41, 5.74) is -0.722. The van der Waals surface area contributed by atoms with Crippen LogP contribution in [-0.2, 0) is 5.60 Å². The van der Waals surface area contributed by atoms with Crippen molar-refractivity contribution in [1.29, 1.82) is 0 Å². The Morgan fingerprint density at radius 1 is 1.00 bits per heavy atom. The molecule has 0 aliphatic heterocycles. The number of aliphatic hydroxyl groups is 1. The SMILES string of the molecule is COc1ccc(F)cc1C(C)(O)c1ccc(F)cc1. The normalized spacial score (nSPS) is 13.9. The molecule has 2 rings (SSSR count). The molecule has 0 heterocycles. The molecule has 0 fully saturated rings. The summed E-state index contributed by atoms with van der Waals surface area (Å²) in [5, 5.41) is 10.6. The van der Waals surface area contributed by atoms with Gasteiger partial charge in [-0.15, -0.1) is 0 Å². The zero-order chi connectivity index (χ0) is 14.0. The van der Waals surface area contributed by atoms with Gasteiger partial charge >= 0.3 is 0 Å². The van der Waals surface area contributed by atoms with Gasteiger partial charge in [-0.25, -0.2) is 8.78 Å². The lowest BCUT2D eigenvalue weighted by Gasteiger charge is -2.26. The molecule has 1 unspecified atom stereocenters. The van der Waals surface area contributed by atoms with Crippen molar-refractivity contribution in [2.75, 3.05) is 7.11 Å². The van der Waals surface area contributed by atoms with E-state index in [0.29, 0.717) is 16.9 Å². The van der Waals surface area contributed by atoms with Gasteiger partial charge in [0.25, 0.3) is 0 Å². The van der Waals surface area contributed by atoms with Crippen molar-refractivity contribution < 1.29 is 18.6 Å². The molecular formula is C15H14F2O2. The van der Waals surface area contributed by atoms with Gasteiger partial charge < -0.3 is 9.84 Å². The van der Waals surface area contributed by atoms with Crippen LogP contribution in [0.1, 0.15) is 18.1 Å². The molecule has 1 N–H and O–H groups in total. The fourth-order valence-corrected chi connectivity index (χ4v) is 1.99. The van der Waals surface area contributed by atoms with Crippen molar-refractivity contribution in [3.8, 4) is 5.75 Å². The van der Waals surface area contributed by atoms with Crippen LogP contribution in [0.25, 0.3) is 0 Å². The van der Waals surface area contributed by atoms with E-state index in [0.717, 1.165) is 0 Å². The first-order chi connectivity index (χ1) is 8.95. The first kappa shape index (κ1) is 13.5. The Labute approximate surface area is 110 Å². The largest absolute Gasteiger partial charge is 0.496 e. The average molecular weight is 264 g/mol. The minimum Gasteiger partial charge on any atom is -0.496 e. The van der Waals surface area contributed by atoms with Crippen LogP contribution in [0.15, 0.2) is 42.5 Å². The van der Waals surface area contributed by atoms with Crippen molar-refractivity contribution in [2.45, 2.75) is 12.5 Å². The van der Waals surface area contributed by atoms with Gasteiger partial charge in [0.15, 0.2) is 0 Å². The number of hydrogen-bond donors (Lipinski definition) is 1. The van der Waals surface area contributed by atoms with Crippen LogP contribution in [0, 0.1) is 11.6 Å². The van der Waals surface area contributed by atoms with Crippen LogP contribution in [0.4, 0.5) is 8.78 Å². The second kappa shape index (κ2) is 4.97. The van der Waals surface area contributed by atoms with Crippen molar-refractivity contribution >= 4 is 0 Å². The Hall–Kier alpha value is -1.94. The molecule has 2 aromatic carbocycles.